The van der Waals surface area contributed by atoms with E-state index in [0.29, 0.717) is 12.8 Å². The van der Waals surface area contributed by atoms with Gasteiger partial charge in [-0.15, -0.1) is 0 Å². The Hall–Kier alpha value is -3.78. The number of benzene rings is 4. The predicted octanol–water partition coefficient (Wildman–Crippen LogP) is 10.2. The Labute approximate surface area is 358 Å². The molecule has 0 unspecified atom stereocenters. The Morgan fingerprint density at radius 2 is 0.900 bits per heavy atom. The molecular formula is C48H64N2O8S2. The molecule has 2 saturated heterocycles. The molecule has 4 atom stereocenters. The second-order valence-electron chi connectivity index (χ2n) is 19.7. The number of hydrogen-bond donors (Lipinski definition) is 2. The molecule has 326 valence electrons. The van der Waals surface area contributed by atoms with Crippen LogP contribution in [0.2, 0.25) is 0 Å². The lowest BCUT2D eigenvalue weighted by Gasteiger charge is -2.32. The Kier molecular flexibility index (Phi) is 12.8. The minimum absolute atomic E-state index is 0.124. The van der Waals surface area contributed by atoms with Crippen LogP contribution in [0.5, 0.6) is 11.5 Å². The molecular weight excluding hydrogens is 797 g/mol. The standard InChI is InChI=1S/C48H64N2O8S2/c1-29(2)21-35-27-57-45(49(35)59(53,54)37-17-13-31(5)14-18-37)41-25-33(47(7,8)9)23-39(43(41)51)40-24-34(48(10,11)12)26-42(44(40)52)46-50(36(28-58-46)22-30(3)4)60(55,56)38-19-15-32(6)16-20-38/h13-20,23-26,29-30,35-36,45-46,51-52H,21-22,27-28H2,1-12H3/t35-,36-,45-,46-/m0/s1. The molecule has 0 bridgehead atoms. The predicted molar refractivity (Wildman–Crippen MR) is 237 cm³/mol. The lowest BCUT2D eigenvalue weighted by molar-refractivity contribution is 0.0654. The van der Waals surface area contributed by atoms with Crippen LogP contribution in [0.1, 0.15) is 128 Å². The smallest absolute Gasteiger partial charge is 0.245 e. The molecule has 0 aliphatic carbocycles. The number of phenols is 2. The number of rotatable bonds is 11. The zero-order valence-electron chi connectivity index (χ0n) is 37.3. The second kappa shape index (κ2) is 16.8. The van der Waals surface area contributed by atoms with Crippen LogP contribution in [0.15, 0.2) is 82.6 Å². The van der Waals surface area contributed by atoms with Crippen molar-refractivity contribution in [1.29, 1.82) is 0 Å². The molecule has 0 radical (unpaired) electrons. The Bertz CT molecular complexity index is 2240. The molecule has 10 nitrogen and oxygen atoms in total. The Morgan fingerprint density at radius 1 is 0.583 bits per heavy atom. The van der Waals surface area contributed by atoms with E-state index < -0.39 is 55.4 Å². The van der Waals surface area contributed by atoms with Crippen LogP contribution in [0.3, 0.4) is 0 Å². The summed E-state index contributed by atoms with van der Waals surface area (Å²) in [5, 5.41) is 25.1. The summed E-state index contributed by atoms with van der Waals surface area (Å²) in [7, 11) is -8.27. The Balaban J connectivity index is 1.59. The number of ether oxygens (including phenoxy) is 2. The average Bonchev–Trinajstić information content (AvgIpc) is 3.75. The fourth-order valence-corrected chi connectivity index (χ4v) is 11.6. The summed E-state index contributed by atoms with van der Waals surface area (Å²) in [5.74, 6) is -0.186. The van der Waals surface area contributed by atoms with Crippen LogP contribution in [0.25, 0.3) is 11.1 Å². The summed E-state index contributed by atoms with van der Waals surface area (Å²) >= 11 is 0. The number of phenolic OH excluding ortho intramolecular Hbond substituents is 2. The average molecular weight is 861 g/mol. The van der Waals surface area contributed by atoms with Crippen molar-refractivity contribution in [2.45, 2.75) is 141 Å². The van der Waals surface area contributed by atoms with Gasteiger partial charge < -0.3 is 19.7 Å². The first-order valence-corrected chi connectivity index (χ1v) is 23.9. The largest absolute Gasteiger partial charge is 0.507 e. The van der Waals surface area contributed by atoms with Crippen LogP contribution >= 0.6 is 0 Å². The molecule has 2 fully saturated rings. The van der Waals surface area contributed by atoms with E-state index in [9.17, 15) is 27.0 Å². The van der Waals surface area contributed by atoms with Crippen LogP contribution in [-0.4, -0.2) is 61.0 Å². The van der Waals surface area contributed by atoms with Gasteiger partial charge in [0.2, 0.25) is 20.0 Å². The maximum atomic E-state index is 14.7. The highest BCUT2D eigenvalue weighted by Crippen LogP contribution is 2.51. The van der Waals surface area contributed by atoms with E-state index in [1.54, 1.807) is 60.7 Å². The number of nitrogens with zero attached hydrogens (tertiary/aromatic N) is 2. The van der Waals surface area contributed by atoms with Crippen LogP contribution in [0, 0.1) is 25.7 Å². The van der Waals surface area contributed by atoms with Gasteiger partial charge in [-0.1, -0.05) is 105 Å². The van der Waals surface area contributed by atoms with Crippen molar-refractivity contribution in [1.82, 2.24) is 8.61 Å². The molecule has 60 heavy (non-hydrogen) atoms. The molecule has 4 aromatic rings. The number of hydrogen-bond acceptors (Lipinski definition) is 8. The lowest BCUT2D eigenvalue weighted by atomic mass is 9.80. The third-order valence-corrected chi connectivity index (χ3v) is 15.4. The summed E-state index contributed by atoms with van der Waals surface area (Å²) in [5.41, 5.74) is 3.42. The van der Waals surface area contributed by atoms with Crippen molar-refractivity contribution in [2.24, 2.45) is 11.8 Å². The topological polar surface area (TPSA) is 134 Å². The van der Waals surface area contributed by atoms with Gasteiger partial charge in [0.15, 0.2) is 12.5 Å². The van der Waals surface area contributed by atoms with Gasteiger partial charge in [0.25, 0.3) is 0 Å². The zero-order chi connectivity index (χ0) is 44.3. The highest BCUT2D eigenvalue weighted by Gasteiger charge is 2.48. The van der Waals surface area contributed by atoms with Gasteiger partial charge in [-0.05, 0) is 109 Å². The van der Waals surface area contributed by atoms with Gasteiger partial charge in [0, 0.05) is 22.3 Å². The fourth-order valence-electron chi connectivity index (χ4n) is 8.24. The second-order valence-corrected chi connectivity index (χ2v) is 23.3. The van der Waals surface area contributed by atoms with Gasteiger partial charge in [-0.3, -0.25) is 0 Å². The minimum Gasteiger partial charge on any atom is -0.507 e. The monoisotopic (exact) mass is 860 g/mol. The number of aromatic hydroxyl groups is 2. The molecule has 2 N–H and O–H groups in total. The van der Waals surface area contributed by atoms with Gasteiger partial charge in [-0.2, -0.15) is 8.61 Å². The van der Waals surface area contributed by atoms with E-state index in [1.807, 2.05) is 95.2 Å². The minimum atomic E-state index is -4.13. The molecule has 2 aliphatic heterocycles. The first-order chi connectivity index (χ1) is 27.8. The van der Waals surface area contributed by atoms with E-state index in [4.69, 9.17) is 9.47 Å². The third kappa shape index (κ3) is 9.06. The summed E-state index contributed by atoms with van der Waals surface area (Å²) in [6, 6.07) is 19.7. The SMILES string of the molecule is Cc1ccc(S(=O)(=O)N2[C@@H](CC(C)C)CO[C@H]2c2cc(C(C)(C)C)cc(-c3cc(C(C)(C)C)cc([C@@H]4OC[C@H](CC(C)C)N4S(=O)(=O)c4ccc(C)cc4)c3O)c2O)cc1. The van der Waals surface area contributed by atoms with E-state index in [2.05, 4.69) is 0 Å². The van der Waals surface area contributed by atoms with E-state index in [1.165, 1.54) is 8.61 Å². The summed E-state index contributed by atoms with van der Waals surface area (Å²) in [6.45, 7) is 24.3. The van der Waals surface area contributed by atoms with Crippen LogP contribution in [-0.2, 0) is 40.4 Å². The van der Waals surface area contributed by atoms with Crippen molar-refractivity contribution in [3.05, 3.63) is 106 Å². The quantitative estimate of drug-likeness (QED) is 0.152. The Morgan fingerprint density at radius 3 is 1.18 bits per heavy atom. The summed E-state index contributed by atoms with van der Waals surface area (Å²) in [4.78, 5) is 0.253. The molecule has 4 aromatic carbocycles. The fraction of sp³-hybridized carbons (Fsp3) is 0.500. The molecule has 12 heteroatoms. The van der Waals surface area contributed by atoms with Crippen molar-refractivity contribution in [2.75, 3.05) is 13.2 Å². The van der Waals surface area contributed by atoms with E-state index >= 15 is 0 Å². The van der Waals surface area contributed by atoms with E-state index in [0.717, 1.165) is 22.3 Å². The molecule has 0 spiro atoms. The maximum Gasteiger partial charge on any atom is 0.245 e. The van der Waals surface area contributed by atoms with Gasteiger partial charge in [-0.25, -0.2) is 16.8 Å². The summed E-state index contributed by atoms with van der Waals surface area (Å²) in [6.07, 6.45) is -1.29. The maximum absolute atomic E-state index is 14.7. The molecule has 0 saturated carbocycles. The van der Waals surface area contributed by atoms with Crippen LogP contribution in [0.4, 0.5) is 0 Å². The molecule has 2 aliphatic rings. The van der Waals surface area contributed by atoms with Crippen molar-refractivity contribution >= 4 is 20.0 Å². The van der Waals surface area contributed by atoms with Crippen molar-refractivity contribution < 1.29 is 36.5 Å². The van der Waals surface area contributed by atoms with Crippen molar-refractivity contribution in [3.8, 4) is 22.6 Å². The van der Waals surface area contributed by atoms with E-state index in [-0.39, 0.29) is 68.6 Å². The zero-order valence-corrected chi connectivity index (χ0v) is 38.9. The normalized spacial score (nSPS) is 21.1. The molecule has 0 aromatic heterocycles. The molecule has 0 amide bonds. The summed E-state index contributed by atoms with van der Waals surface area (Å²) < 4.78 is 74.2. The first kappa shape index (κ1) is 45.7. The van der Waals surface area contributed by atoms with Gasteiger partial charge in [0.1, 0.15) is 11.5 Å². The van der Waals surface area contributed by atoms with Gasteiger partial charge in [0.05, 0.1) is 35.1 Å². The lowest BCUT2D eigenvalue weighted by Crippen LogP contribution is -2.39. The first-order valence-electron chi connectivity index (χ1n) is 21.0. The van der Waals surface area contributed by atoms with Crippen molar-refractivity contribution in [3.63, 3.8) is 0 Å². The van der Waals surface area contributed by atoms with Gasteiger partial charge >= 0.3 is 0 Å². The molecule has 2 heterocycles. The number of sulfonamides is 2. The highest BCUT2D eigenvalue weighted by atomic mass is 32.2. The number of aryl methyl sites for hydroxylation is 2. The van der Waals surface area contributed by atoms with Crippen LogP contribution < -0.4 is 0 Å². The molecule has 6 rings (SSSR count). The highest BCUT2D eigenvalue weighted by molar-refractivity contribution is 7.89. The third-order valence-electron chi connectivity index (χ3n) is 11.6.